The quantitative estimate of drug-likeness (QED) is 0.865. The molecule has 0 aromatic carbocycles. The molecule has 0 saturated heterocycles. The van der Waals surface area contributed by atoms with Gasteiger partial charge in [-0.15, -0.1) is 0 Å². The first-order valence-electron chi connectivity index (χ1n) is 6.62. The third kappa shape index (κ3) is 2.86. The van der Waals surface area contributed by atoms with E-state index in [4.69, 9.17) is 0 Å². The van der Waals surface area contributed by atoms with Crippen LogP contribution in [0.25, 0.3) is 0 Å². The van der Waals surface area contributed by atoms with Crippen molar-refractivity contribution in [3.63, 3.8) is 0 Å². The van der Waals surface area contributed by atoms with E-state index in [0.717, 1.165) is 24.2 Å². The summed E-state index contributed by atoms with van der Waals surface area (Å²) >= 11 is 0. The molecule has 5 nitrogen and oxygen atoms in total. The number of amides is 1. The van der Waals surface area contributed by atoms with Gasteiger partial charge < -0.3 is 10.3 Å². The molecule has 1 amide bonds. The van der Waals surface area contributed by atoms with Crippen LogP contribution in [0, 0.1) is 0 Å². The second-order valence-corrected chi connectivity index (χ2v) is 4.56. The fourth-order valence-corrected chi connectivity index (χ4v) is 2.13. The van der Waals surface area contributed by atoms with Gasteiger partial charge in [0.2, 0.25) is 0 Å². The van der Waals surface area contributed by atoms with E-state index < -0.39 is 0 Å². The molecule has 0 bridgehead atoms. The third-order valence-electron chi connectivity index (χ3n) is 3.30. The summed E-state index contributed by atoms with van der Waals surface area (Å²) in [5.74, 6) is -0.0762. The highest BCUT2D eigenvalue weighted by molar-refractivity contribution is 5.92. The van der Waals surface area contributed by atoms with Crippen LogP contribution in [0.15, 0.2) is 24.4 Å². The van der Waals surface area contributed by atoms with Crippen LogP contribution in [-0.4, -0.2) is 20.7 Å². The Bertz CT molecular complexity index is 555. The lowest BCUT2D eigenvalue weighted by Crippen LogP contribution is -2.29. The van der Waals surface area contributed by atoms with E-state index in [9.17, 15) is 4.79 Å². The monoisotopic (exact) mass is 260 g/mol. The third-order valence-corrected chi connectivity index (χ3v) is 3.30. The summed E-state index contributed by atoms with van der Waals surface area (Å²) in [5, 5.41) is 7.17. The number of hydrogen-bond donors (Lipinski definition) is 2. The Labute approximate surface area is 113 Å². The Kier molecular flexibility index (Phi) is 4.04. The molecular weight excluding hydrogens is 240 g/mol. The summed E-state index contributed by atoms with van der Waals surface area (Å²) in [6.45, 7) is 4.10. The number of carbonyl (C=O) groups is 1. The zero-order valence-electron chi connectivity index (χ0n) is 11.6. The average molecular weight is 260 g/mol. The number of nitrogens with zero attached hydrogens (tertiary/aromatic N) is 2. The second kappa shape index (κ2) is 5.73. The Hall–Kier alpha value is -2.04. The summed E-state index contributed by atoms with van der Waals surface area (Å²) in [6.07, 6.45) is 3.47. The van der Waals surface area contributed by atoms with E-state index in [-0.39, 0.29) is 11.9 Å². The molecule has 2 N–H and O–H groups in total. The summed E-state index contributed by atoms with van der Waals surface area (Å²) < 4.78 is 1.79. The van der Waals surface area contributed by atoms with Gasteiger partial charge in [-0.3, -0.25) is 9.48 Å². The molecular formula is C14H20N4O. The van der Waals surface area contributed by atoms with Crippen molar-refractivity contribution < 1.29 is 4.79 Å². The summed E-state index contributed by atoms with van der Waals surface area (Å²) in [4.78, 5) is 15.3. The average Bonchev–Trinajstić information content (AvgIpc) is 3.04. The van der Waals surface area contributed by atoms with Crippen molar-refractivity contribution in [2.75, 3.05) is 0 Å². The lowest BCUT2D eigenvalue weighted by Gasteiger charge is -2.16. The van der Waals surface area contributed by atoms with Gasteiger partial charge in [-0.2, -0.15) is 5.10 Å². The highest BCUT2D eigenvalue weighted by Crippen LogP contribution is 2.16. The first-order valence-corrected chi connectivity index (χ1v) is 6.62. The molecule has 0 aliphatic heterocycles. The van der Waals surface area contributed by atoms with Crippen LogP contribution in [0.5, 0.6) is 0 Å². The second-order valence-electron chi connectivity index (χ2n) is 4.56. The largest absolute Gasteiger partial charge is 0.354 e. The maximum absolute atomic E-state index is 12.2. The number of hydrogen-bond acceptors (Lipinski definition) is 2. The minimum atomic E-state index is -0.0762. The van der Waals surface area contributed by atoms with E-state index >= 15 is 0 Å². The van der Waals surface area contributed by atoms with Gasteiger partial charge in [0.15, 0.2) is 0 Å². The Morgan fingerprint density at radius 2 is 2.21 bits per heavy atom. The summed E-state index contributed by atoms with van der Waals surface area (Å²) in [7, 11) is 1.88. The zero-order valence-corrected chi connectivity index (χ0v) is 11.6. The molecule has 19 heavy (non-hydrogen) atoms. The van der Waals surface area contributed by atoms with Gasteiger partial charge >= 0.3 is 0 Å². The van der Waals surface area contributed by atoms with Crippen LogP contribution in [0.1, 0.15) is 48.2 Å². The van der Waals surface area contributed by atoms with E-state index in [2.05, 4.69) is 22.3 Å². The highest BCUT2D eigenvalue weighted by atomic mass is 16.1. The zero-order chi connectivity index (χ0) is 13.8. The fraction of sp³-hybridized carbons (Fsp3) is 0.429. The molecule has 0 fully saturated rings. The number of carbonyl (C=O) groups excluding carboxylic acids is 1. The van der Waals surface area contributed by atoms with Gasteiger partial charge in [-0.05, 0) is 31.0 Å². The van der Waals surface area contributed by atoms with E-state index in [0.29, 0.717) is 5.69 Å². The van der Waals surface area contributed by atoms with Crippen molar-refractivity contribution in [3.8, 4) is 0 Å². The van der Waals surface area contributed by atoms with Crippen molar-refractivity contribution in [2.45, 2.75) is 32.7 Å². The molecule has 2 aromatic rings. The van der Waals surface area contributed by atoms with Gasteiger partial charge in [-0.25, -0.2) is 0 Å². The maximum atomic E-state index is 12.2. The van der Waals surface area contributed by atoms with Gasteiger partial charge in [0.1, 0.15) is 5.69 Å². The van der Waals surface area contributed by atoms with Crippen molar-refractivity contribution in [1.82, 2.24) is 20.1 Å². The van der Waals surface area contributed by atoms with Crippen LogP contribution in [0.4, 0.5) is 0 Å². The lowest BCUT2D eigenvalue weighted by molar-refractivity contribution is 0.0929. The first-order chi connectivity index (χ1) is 9.15. The fourth-order valence-electron chi connectivity index (χ4n) is 2.13. The molecule has 2 heterocycles. The molecule has 2 rings (SSSR count). The minimum absolute atomic E-state index is 0.0200. The molecule has 1 atom stereocenters. The summed E-state index contributed by atoms with van der Waals surface area (Å²) in [5.41, 5.74) is 2.69. The Morgan fingerprint density at radius 3 is 2.74 bits per heavy atom. The first kappa shape index (κ1) is 13.4. The van der Waals surface area contributed by atoms with Crippen molar-refractivity contribution in [1.29, 1.82) is 0 Å². The molecule has 2 aromatic heterocycles. The van der Waals surface area contributed by atoms with Gasteiger partial charge in [0.05, 0.1) is 11.7 Å². The molecule has 0 aliphatic rings. The Morgan fingerprint density at radius 1 is 1.42 bits per heavy atom. The standard InChI is InChI=1S/C14H20N4O/c1-4-10-6-7-12(16-10)14(19)17-11(5-2)13-8-9-15-18(13)3/h6-9,11,16H,4-5H2,1-3H3,(H,17,19)/t11-/m1/s1. The number of H-pyrrole nitrogens is 1. The lowest BCUT2D eigenvalue weighted by atomic mass is 10.1. The number of aromatic nitrogens is 3. The van der Waals surface area contributed by atoms with E-state index in [1.807, 2.05) is 32.2 Å². The SMILES string of the molecule is CCc1ccc(C(=O)N[C@H](CC)c2ccnn2C)[nH]1. The van der Waals surface area contributed by atoms with Gasteiger partial charge in [-0.1, -0.05) is 13.8 Å². The van der Waals surface area contributed by atoms with Crippen molar-refractivity contribution >= 4 is 5.91 Å². The molecule has 5 heteroatoms. The van der Waals surface area contributed by atoms with Crippen molar-refractivity contribution in [2.24, 2.45) is 7.05 Å². The Balaban J connectivity index is 2.10. The number of aromatic amines is 1. The van der Waals surface area contributed by atoms with Crippen LogP contribution in [0.2, 0.25) is 0 Å². The van der Waals surface area contributed by atoms with Crippen LogP contribution >= 0.6 is 0 Å². The minimum Gasteiger partial charge on any atom is -0.354 e. The predicted octanol–water partition coefficient (Wildman–Crippen LogP) is 2.19. The van der Waals surface area contributed by atoms with Gasteiger partial charge in [0.25, 0.3) is 5.91 Å². The smallest absolute Gasteiger partial charge is 0.268 e. The molecule has 0 spiro atoms. The topological polar surface area (TPSA) is 62.7 Å². The number of rotatable bonds is 5. The van der Waals surface area contributed by atoms with Crippen LogP contribution in [0.3, 0.4) is 0 Å². The maximum Gasteiger partial charge on any atom is 0.268 e. The molecule has 0 saturated carbocycles. The molecule has 0 unspecified atom stereocenters. The predicted molar refractivity (Wildman–Crippen MR) is 73.9 cm³/mol. The van der Waals surface area contributed by atoms with Crippen LogP contribution in [-0.2, 0) is 13.5 Å². The summed E-state index contributed by atoms with van der Waals surface area (Å²) in [6, 6.07) is 5.68. The molecule has 0 aliphatic carbocycles. The van der Waals surface area contributed by atoms with E-state index in [1.54, 1.807) is 10.9 Å². The number of nitrogens with one attached hydrogen (secondary N) is 2. The van der Waals surface area contributed by atoms with Crippen molar-refractivity contribution in [3.05, 3.63) is 41.5 Å². The normalized spacial score (nSPS) is 12.4. The van der Waals surface area contributed by atoms with Gasteiger partial charge in [0, 0.05) is 18.9 Å². The highest BCUT2D eigenvalue weighted by Gasteiger charge is 2.17. The molecule has 0 radical (unpaired) electrons. The molecule has 102 valence electrons. The van der Waals surface area contributed by atoms with Crippen LogP contribution < -0.4 is 5.32 Å². The van der Waals surface area contributed by atoms with E-state index in [1.165, 1.54) is 0 Å². The number of aryl methyl sites for hydroxylation is 2.